The number of nitrogen functional groups attached to an aromatic ring is 1. The van der Waals surface area contributed by atoms with Gasteiger partial charge in [0.1, 0.15) is 9.71 Å². The molecule has 3 aromatic rings. The first-order valence-corrected chi connectivity index (χ1v) is 9.65. The minimum atomic E-state index is 0.0593. The lowest BCUT2D eigenvalue weighted by Crippen LogP contribution is -2.38. The number of hydrogen-bond donors (Lipinski definition) is 1. The van der Waals surface area contributed by atoms with E-state index in [1.54, 1.807) is 0 Å². The normalized spacial score (nSPS) is 18.2. The Bertz CT molecular complexity index is 992. The molecule has 4 rings (SSSR count). The molecule has 1 aliphatic heterocycles. The maximum atomic E-state index is 13.0. The first-order chi connectivity index (χ1) is 12.0. The molecule has 1 amide bonds. The zero-order valence-corrected chi connectivity index (χ0v) is 15.7. The zero-order chi connectivity index (χ0) is 17.7. The summed E-state index contributed by atoms with van der Waals surface area (Å²) in [7, 11) is 0. The van der Waals surface area contributed by atoms with Crippen molar-refractivity contribution in [3.05, 3.63) is 34.2 Å². The van der Waals surface area contributed by atoms with Gasteiger partial charge in [0.15, 0.2) is 0 Å². The van der Waals surface area contributed by atoms with Gasteiger partial charge < -0.3 is 10.6 Å². The van der Waals surface area contributed by atoms with Crippen LogP contribution in [0.5, 0.6) is 0 Å². The number of aryl methyl sites for hydroxylation is 2. The van der Waals surface area contributed by atoms with Crippen LogP contribution in [0.1, 0.15) is 40.6 Å². The number of pyridine rings is 1. The van der Waals surface area contributed by atoms with Gasteiger partial charge in [0.25, 0.3) is 5.91 Å². The Labute approximate surface area is 151 Å². The molecule has 0 spiro atoms. The third-order valence-electron chi connectivity index (χ3n) is 5.35. The SMILES string of the molecule is Cc1ccc2cc3c(N)c(C(=O)N4CCCC(C)C4)sc3nc2c1C. The summed E-state index contributed by atoms with van der Waals surface area (Å²) in [5.41, 5.74) is 10.4. The van der Waals surface area contributed by atoms with Crippen molar-refractivity contribution < 1.29 is 4.79 Å². The van der Waals surface area contributed by atoms with Crippen LogP contribution in [-0.2, 0) is 0 Å². The number of likely N-dealkylation sites (tertiary alicyclic amines) is 1. The lowest BCUT2D eigenvalue weighted by molar-refractivity contribution is 0.0689. The summed E-state index contributed by atoms with van der Waals surface area (Å²) in [6.45, 7) is 8.03. The average Bonchev–Trinajstić information content (AvgIpc) is 2.92. The van der Waals surface area contributed by atoms with Gasteiger partial charge in [-0.05, 0) is 49.8 Å². The fraction of sp³-hybridized carbons (Fsp3) is 0.400. The Morgan fingerprint density at radius 3 is 2.92 bits per heavy atom. The van der Waals surface area contributed by atoms with E-state index in [1.165, 1.54) is 28.9 Å². The van der Waals surface area contributed by atoms with Gasteiger partial charge in [-0.3, -0.25) is 4.79 Å². The van der Waals surface area contributed by atoms with E-state index in [0.717, 1.165) is 40.6 Å². The molecule has 25 heavy (non-hydrogen) atoms. The van der Waals surface area contributed by atoms with Crippen LogP contribution in [0, 0.1) is 19.8 Å². The van der Waals surface area contributed by atoms with Gasteiger partial charge in [0.05, 0.1) is 11.2 Å². The van der Waals surface area contributed by atoms with E-state index < -0.39 is 0 Å². The first kappa shape index (κ1) is 16.3. The van der Waals surface area contributed by atoms with Crippen molar-refractivity contribution in [1.82, 2.24) is 9.88 Å². The number of carbonyl (C=O) groups is 1. The predicted octanol–water partition coefficient (Wildman–Crippen LogP) is 4.52. The molecule has 1 aromatic carbocycles. The maximum Gasteiger partial charge on any atom is 0.266 e. The summed E-state index contributed by atoms with van der Waals surface area (Å²) in [6.07, 6.45) is 2.26. The number of anilines is 1. The molecular formula is C20H23N3OS. The zero-order valence-electron chi connectivity index (χ0n) is 14.9. The summed E-state index contributed by atoms with van der Waals surface area (Å²) in [5, 5.41) is 1.97. The number of amides is 1. The van der Waals surface area contributed by atoms with Crippen molar-refractivity contribution in [2.45, 2.75) is 33.6 Å². The molecule has 2 aromatic heterocycles. The van der Waals surface area contributed by atoms with Gasteiger partial charge >= 0.3 is 0 Å². The molecule has 4 nitrogen and oxygen atoms in total. The second-order valence-corrected chi connectivity index (χ2v) is 8.26. The lowest BCUT2D eigenvalue weighted by Gasteiger charge is -2.30. The third kappa shape index (κ3) is 2.67. The number of aromatic nitrogens is 1. The molecule has 1 fully saturated rings. The van der Waals surface area contributed by atoms with Gasteiger partial charge in [-0.1, -0.05) is 19.1 Å². The Hall–Kier alpha value is -2.14. The highest BCUT2D eigenvalue weighted by molar-refractivity contribution is 7.21. The van der Waals surface area contributed by atoms with Crippen LogP contribution in [0.15, 0.2) is 18.2 Å². The molecule has 0 saturated carbocycles. The smallest absolute Gasteiger partial charge is 0.266 e. The van der Waals surface area contributed by atoms with Crippen LogP contribution in [-0.4, -0.2) is 28.9 Å². The summed E-state index contributed by atoms with van der Waals surface area (Å²) in [5.74, 6) is 0.614. The van der Waals surface area contributed by atoms with Crippen molar-refractivity contribution in [2.24, 2.45) is 5.92 Å². The molecule has 0 aliphatic carbocycles. The number of rotatable bonds is 1. The largest absolute Gasteiger partial charge is 0.397 e. The topological polar surface area (TPSA) is 59.2 Å². The van der Waals surface area contributed by atoms with Gasteiger partial charge in [-0.25, -0.2) is 4.98 Å². The molecule has 0 bridgehead atoms. The number of benzene rings is 1. The summed E-state index contributed by atoms with van der Waals surface area (Å²) >= 11 is 1.43. The van der Waals surface area contributed by atoms with E-state index in [0.29, 0.717) is 16.5 Å². The number of nitrogens with two attached hydrogens (primary N) is 1. The number of thiophene rings is 1. The number of carbonyl (C=O) groups excluding carboxylic acids is 1. The van der Waals surface area contributed by atoms with E-state index in [2.05, 4.69) is 39.0 Å². The highest BCUT2D eigenvalue weighted by Gasteiger charge is 2.26. The molecule has 1 aliphatic rings. The van der Waals surface area contributed by atoms with Crippen molar-refractivity contribution in [2.75, 3.05) is 18.8 Å². The van der Waals surface area contributed by atoms with Crippen molar-refractivity contribution in [1.29, 1.82) is 0 Å². The number of piperidine rings is 1. The second kappa shape index (κ2) is 5.99. The molecule has 2 N–H and O–H groups in total. The van der Waals surface area contributed by atoms with Gasteiger partial charge in [0, 0.05) is 23.9 Å². The van der Waals surface area contributed by atoms with Crippen LogP contribution in [0.4, 0.5) is 5.69 Å². The minimum absolute atomic E-state index is 0.0593. The van der Waals surface area contributed by atoms with E-state index >= 15 is 0 Å². The second-order valence-electron chi connectivity index (χ2n) is 7.26. The van der Waals surface area contributed by atoms with E-state index in [1.807, 2.05) is 4.90 Å². The molecule has 1 atom stereocenters. The van der Waals surface area contributed by atoms with Crippen molar-refractivity contribution in [3.8, 4) is 0 Å². The van der Waals surface area contributed by atoms with Crippen LogP contribution >= 0.6 is 11.3 Å². The number of nitrogens with zero attached hydrogens (tertiary/aromatic N) is 2. The molecule has 5 heteroatoms. The van der Waals surface area contributed by atoms with Crippen LogP contribution in [0.3, 0.4) is 0 Å². The molecule has 3 heterocycles. The number of hydrogen-bond acceptors (Lipinski definition) is 4. The summed E-state index contributed by atoms with van der Waals surface area (Å²) < 4.78 is 0. The fourth-order valence-corrected chi connectivity index (χ4v) is 4.73. The molecule has 1 unspecified atom stereocenters. The summed E-state index contributed by atoms with van der Waals surface area (Å²) in [6, 6.07) is 6.26. The standard InChI is InChI=1S/C20H23N3OS/c1-11-5-4-8-23(10-11)20(24)18-16(21)15-9-14-7-6-12(2)13(3)17(14)22-19(15)25-18/h6-7,9,11H,4-5,8,10,21H2,1-3H3. The quantitative estimate of drug-likeness (QED) is 0.700. The van der Waals surface area contributed by atoms with Gasteiger partial charge in [-0.2, -0.15) is 0 Å². The van der Waals surface area contributed by atoms with Crippen LogP contribution in [0.2, 0.25) is 0 Å². The Balaban J connectivity index is 1.83. The van der Waals surface area contributed by atoms with E-state index in [4.69, 9.17) is 10.7 Å². The molecule has 1 saturated heterocycles. The monoisotopic (exact) mass is 353 g/mol. The number of fused-ring (bicyclic) bond motifs is 2. The van der Waals surface area contributed by atoms with Crippen molar-refractivity contribution in [3.63, 3.8) is 0 Å². The minimum Gasteiger partial charge on any atom is -0.397 e. The molecular weight excluding hydrogens is 330 g/mol. The highest BCUT2D eigenvalue weighted by atomic mass is 32.1. The maximum absolute atomic E-state index is 13.0. The highest BCUT2D eigenvalue weighted by Crippen LogP contribution is 2.36. The van der Waals surface area contributed by atoms with E-state index in [9.17, 15) is 4.79 Å². The van der Waals surface area contributed by atoms with Crippen LogP contribution in [0.25, 0.3) is 21.1 Å². The fourth-order valence-electron chi connectivity index (χ4n) is 3.69. The Kier molecular flexibility index (Phi) is 3.91. The Morgan fingerprint density at radius 1 is 1.36 bits per heavy atom. The van der Waals surface area contributed by atoms with E-state index in [-0.39, 0.29) is 5.91 Å². The molecule has 0 radical (unpaired) electrons. The third-order valence-corrected chi connectivity index (χ3v) is 6.45. The van der Waals surface area contributed by atoms with Crippen molar-refractivity contribution >= 4 is 44.1 Å². The summed E-state index contributed by atoms with van der Waals surface area (Å²) in [4.78, 5) is 21.3. The van der Waals surface area contributed by atoms with Gasteiger partial charge in [-0.15, -0.1) is 11.3 Å². The first-order valence-electron chi connectivity index (χ1n) is 8.84. The predicted molar refractivity (Wildman–Crippen MR) is 105 cm³/mol. The lowest BCUT2D eigenvalue weighted by atomic mass is 10.00. The average molecular weight is 353 g/mol. The Morgan fingerprint density at radius 2 is 2.16 bits per heavy atom. The molecule has 130 valence electrons. The van der Waals surface area contributed by atoms with Crippen LogP contribution < -0.4 is 5.73 Å². The van der Waals surface area contributed by atoms with Gasteiger partial charge in [0.2, 0.25) is 0 Å².